The van der Waals surface area contributed by atoms with Crippen molar-refractivity contribution in [2.45, 2.75) is 6.42 Å². The summed E-state index contributed by atoms with van der Waals surface area (Å²) in [7, 11) is 1.55. The quantitative estimate of drug-likeness (QED) is 0.672. The molecule has 6 heteroatoms. The molecule has 0 aliphatic heterocycles. The zero-order valence-electron chi connectivity index (χ0n) is 12.8. The zero-order valence-corrected chi connectivity index (χ0v) is 14.4. The SMILES string of the molecule is COc1ccc(Br)cc1/C=C(\CC(=O)[O-])c1nc2ccccc2o1. The lowest BCUT2D eigenvalue weighted by atomic mass is 10.1. The Kier molecular flexibility index (Phi) is 4.66. The molecule has 0 saturated heterocycles. The Labute approximate surface area is 146 Å². The third-order valence-electron chi connectivity index (χ3n) is 3.42. The molecule has 3 rings (SSSR count). The van der Waals surface area contributed by atoms with Crippen LogP contribution in [0.25, 0.3) is 22.7 Å². The number of fused-ring (bicyclic) bond motifs is 1. The normalized spacial score (nSPS) is 11.7. The van der Waals surface area contributed by atoms with Crippen molar-refractivity contribution in [1.82, 2.24) is 4.98 Å². The Hall–Kier alpha value is -2.60. The topological polar surface area (TPSA) is 75.4 Å². The molecule has 0 N–H and O–H groups in total. The van der Waals surface area contributed by atoms with Gasteiger partial charge in [0.15, 0.2) is 5.58 Å². The summed E-state index contributed by atoms with van der Waals surface area (Å²) in [5, 5.41) is 11.1. The van der Waals surface area contributed by atoms with Gasteiger partial charge < -0.3 is 19.1 Å². The molecule has 5 nitrogen and oxygen atoms in total. The second-order valence-corrected chi connectivity index (χ2v) is 6.01. The average Bonchev–Trinajstić information content (AvgIpc) is 2.98. The van der Waals surface area contributed by atoms with Crippen molar-refractivity contribution < 1.29 is 19.1 Å². The van der Waals surface area contributed by atoms with Crippen LogP contribution in [0.15, 0.2) is 51.4 Å². The second kappa shape index (κ2) is 6.88. The lowest BCUT2D eigenvalue weighted by molar-refractivity contribution is -0.304. The molecule has 0 amide bonds. The van der Waals surface area contributed by atoms with Gasteiger partial charge in [0.05, 0.1) is 7.11 Å². The highest BCUT2D eigenvalue weighted by molar-refractivity contribution is 9.10. The largest absolute Gasteiger partial charge is 0.550 e. The first-order valence-corrected chi connectivity index (χ1v) is 7.96. The van der Waals surface area contributed by atoms with Gasteiger partial charge in [0.1, 0.15) is 11.3 Å². The summed E-state index contributed by atoms with van der Waals surface area (Å²) in [6.07, 6.45) is 1.37. The molecule has 0 aliphatic carbocycles. The number of benzene rings is 2. The van der Waals surface area contributed by atoms with Gasteiger partial charge in [0.2, 0.25) is 5.89 Å². The number of para-hydroxylation sites is 2. The standard InChI is InChI=1S/C18H14BrNO4/c1-23-15-7-6-13(19)9-11(15)8-12(10-17(21)22)18-20-14-4-2-3-5-16(14)24-18/h2-9H,10H2,1H3,(H,21,22)/p-1/b12-8+. The van der Waals surface area contributed by atoms with Crippen LogP contribution in [0.2, 0.25) is 0 Å². The fourth-order valence-electron chi connectivity index (χ4n) is 2.36. The number of hydrogen-bond acceptors (Lipinski definition) is 5. The number of rotatable bonds is 5. The molecule has 2 aromatic carbocycles. The summed E-state index contributed by atoms with van der Waals surface area (Å²) in [6.45, 7) is 0. The molecule has 1 heterocycles. The van der Waals surface area contributed by atoms with E-state index in [0.717, 1.165) is 4.47 Å². The van der Waals surface area contributed by atoms with Crippen molar-refractivity contribution in [2.75, 3.05) is 7.11 Å². The van der Waals surface area contributed by atoms with Crippen LogP contribution in [0.1, 0.15) is 17.9 Å². The maximum absolute atomic E-state index is 11.1. The first-order valence-electron chi connectivity index (χ1n) is 7.16. The van der Waals surface area contributed by atoms with Crippen LogP contribution in [0.3, 0.4) is 0 Å². The predicted molar refractivity (Wildman–Crippen MR) is 92.2 cm³/mol. The van der Waals surface area contributed by atoms with Crippen LogP contribution in [0, 0.1) is 0 Å². The fraction of sp³-hybridized carbons (Fsp3) is 0.111. The summed E-state index contributed by atoms with van der Waals surface area (Å²) in [4.78, 5) is 15.5. The maximum atomic E-state index is 11.1. The Bertz CT molecular complexity index is 897. The van der Waals surface area contributed by atoms with Gasteiger partial charge in [-0.15, -0.1) is 0 Å². The smallest absolute Gasteiger partial charge is 0.223 e. The molecule has 0 saturated carbocycles. The van der Waals surface area contributed by atoms with E-state index in [-0.39, 0.29) is 12.3 Å². The van der Waals surface area contributed by atoms with Crippen LogP contribution in [0.4, 0.5) is 0 Å². The molecule has 0 spiro atoms. The number of nitrogens with zero attached hydrogens (tertiary/aromatic N) is 1. The number of halogens is 1. The molecular formula is C18H13BrNO4-. The van der Waals surface area contributed by atoms with E-state index < -0.39 is 5.97 Å². The number of carbonyl (C=O) groups excluding carboxylic acids is 1. The maximum Gasteiger partial charge on any atom is 0.223 e. The van der Waals surface area contributed by atoms with Gasteiger partial charge in [-0.25, -0.2) is 4.98 Å². The van der Waals surface area contributed by atoms with Gasteiger partial charge in [-0.1, -0.05) is 28.1 Å². The molecule has 0 unspecified atom stereocenters. The van der Waals surface area contributed by atoms with Crippen LogP contribution in [0.5, 0.6) is 5.75 Å². The van der Waals surface area contributed by atoms with Gasteiger partial charge in [0, 0.05) is 28.0 Å². The van der Waals surface area contributed by atoms with Crippen molar-refractivity contribution in [3.8, 4) is 5.75 Å². The Morgan fingerprint density at radius 3 is 2.83 bits per heavy atom. The highest BCUT2D eigenvalue weighted by Gasteiger charge is 2.13. The van der Waals surface area contributed by atoms with Crippen LogP contribution < -0.4 is 9.84 Å². The number of carbonyl (C=O) groups is 1. The molecule has 0 atom stereocenters. The van der Waals surface area contributed by atoms with E-state index in [2.05, 4.69) is 20.9 Å². The van der Waals surface area contributed by atoms with Crippen molar-refractivity contribution in [3.05, 3.63) is 58.4 Å². The summed E-state index contributed by atoms with van der Waals surface area (Å²) < 4.78 is 11.9. The van der Waals surface area contributed by atoms with Crippen molar-refractivity contribution in [1.29, 1.82) is 0 Å². The molecule has 24 heavy (non-hydrogen) atoms. The van der Waals surface area contributed by atoms with Crippen molar-refractivity contribution in [3.63, 3.8) is 0 Å². The average molecular weight is 387 g/mol. The summed E-state index contributed by atoms with van der Waals surface area (Å²) in [6, 6.07) is 12.7. The zero-order chi connectivity index (χ0) is 17.1. The van der Waals surface area contributed by atoms with E-state index in [1.165, 1.54) is 0 Å². The summed E-state index contributed by atoms with van der Waals surface area (Å²) in [5.74, 6) is -0.343. The second-order valence-electron chi connectivity index (χ2n) is 5.09. The van der Waals surface area contributed by atoms with Crippen LogP contribution >= 0.6 is 15.9 Å². The minimum Gasteiger partial charge on any atom is -0.550 e. The number of aromatic nitrogens is 1. The van der Waals surface area contributed by atoms with E-state index in [1.807, 2.05) is 24.3 Å². The van der Waals surface area contributed by atoms with Crippen molar-refractivity contribution in [2.24, 2.45) is 0 Å². The Morgan fingerprint density at radius 2 is 2.12 bits per heavy atom. The number of ether oxygens (including phenoxy) is 1. The van der Waals surface area contributed by atoms with E-state index in [4.69, 9.17) is 9.15 Å². The first kappa shape index (κ1) is 16.3. The monoisotopic (exact) mass is 386 g/mol. The van der Waals surface area contributed by atoms with Crippen LogP contribution in [-0.2, 0) is 4.79 Å². The fourth-order valence-corrected chi connectivity index (χ4v) is 2.74. The molecule has 3 aromatic rings. The molecule has 0 radical (unpaired) electrons. The van der Waals surface area contributed by atoms with Crippen molar-refractivity contribution >= 4 is 44.6 Å². The Morgan fingerprint density at radius 1 is 1.33 bits per heavy atom. The summed E-state index contributed by atoms with van der Waals surface area (Å²) in [5.41, 5.74) is 2.38. The van der Waals surface area contributed by atoms with Gasteiger partial charge >= 0.3 is 0 Å². The number of aliphatic carboxylic acids is 1. The molecule has 0 aliphatic rings. The minimum atomic E-state index is -1.21. The highest BCUT2D eigenvalue weighted by atomic mass is 79.9. The van der Waals surface area contributed by atoms with Crippen LogP contribution in [-0.4, -0.2) is 18.1 Å². The first-order chi connectivity index (χ1) is 11.6. The number of hydrogen-bond donors (Lipinski definition) is 0. The summed E-state index contributed by atoms with van der Waals surface area (Å²) >= 11 is 3.40. The highest BCUT2D eigenvalue weighted by Crippen LogP contribution is 2.30. The predicted octanol–water partition coefficient (Wildman–Crippen LogP) is 3.28. The van der Waals surface area contributed by atoms with E-state index in [0.29, 0.717) is 28.0 Å². The minimum absolute atomic E-state index is 0.252. The van der Waals surface area contributed by atoms with Gasteiger partial charge in [-0.2, -0.15) is 0 Å². The molecular weight excluding hydrogens is 374 g/mol. The molecule has 1 aromatic heterocycles. The molecule has 122 valence electrons. The van der Waals surface area contributed by atoms with E-state index in [1.54, 1.807) is 31.4 Å². The number of carboxylic acids is 1. The number of carboxylic acid groups (broad SMARTS) is 1. The lowest BCUT2D eigenvalue weighted by Gasteiger charge is -2.08. The molecule has 0 fully saturated rings. The lowest BCUT2D eigenvalue weighted by Crippen LogP contribution is -2.22. The number of oxazole rings is 1. The van der Waals surface area contributed by atoms with Gasteiger partial charge in [-0.05, 0) is 36.4 Å². The van der Waals surface area contributed by atoms with Gasteiger partial charge in [-0.3, -0.25) is 0 Å². The Balaban J connectivity index is 2.12. The third-order valence-corrected chi connectivity index (χ3v) is 3.92. The molecule has 0 bridgehead atoms. The number of methoxy groups -OCH3 is 1. The van der Waals surface area contributed by atoms with Gasteiger partial charge in [0.25, 0.3) is 0 Å². The third kappa shape index (κ3) is 3.49. The van der Waals surface area contributed by atoms with E-state index in [9.17, 15) is 9.90 Å². The van der Waals surface area contributed by atoms with E-state index >= 15 is 0 Å².